The fourth-order valence-corrected chi connectivity index (χ4v) is 4.64. The Labute approximate surface area is 190 Å². The van der Waals surface area contributed by atoms with Gasteiger partial charge in [-0.05, 0) is 48.7 Å². The minimum absolute atomic E-state index is 0.0153. The van der Waals surface area contributed by atoms with Crippen LogP contribution in [-0.4, -0.2) is 60.7 Å². The third-order valence-electron chi connectivity index (χ3n) is 6.59. The minimum Gasteiger partial charge on any atom is -0.488 e. The molecule has 0 radical (unpaired) electrons. The van der Waals surface area contributed by atoms with Gasteiger partial charge < -0.3 is 25.0 Å². The molecule has 9 heteroatoms. The number of urea groups is 1. The minimum atomic E-state index is -0.532. The van der Waals surface area contributed by atoms with Gasteiger partial charge in [0.15, 0.2) is 17.3 Å². The number of aliphatic hydroxyl groups is 1. The van der Waals surface area contributed by atoms with Gasteiger partial charge in [-0.1, -0.05) is 6.07 Å². The number of nitrogens with zero attached hydrogens (tertiary/aromatic N) is 2. The highest BCUT2D eigenvalue weighted by atomic mass is 19.1. The van der Waals surface area contributed by atoms with Gasteiger partial charge in [0.05, 0.1) is 12.1 Å². The molecule has 0 saturated carbocycles. The number of piperidine rings is 1. The first kappa shape index (κ1) is 23.0. The van der Waals surface area contributed by atoms with Gasteiger partial charge in [-0.3, -0.25) is 4.79 Å². The summed E-state index contributed by atoms with van der Waals surface area (Å²) in [6.07, 6.45) is 1.53. The summed E-state index contributed by atoms with van der Waals surface area (Å²) in [6, 6.07) is 8.38. The number of ether oxygens (including phenoxy) is 1. The second kappa shape index (κ2) is 9.35. The summed E-state index contributed by atoms with van der Waals surface area (Å²) in [5.74, 6) is -1.00. The van der Waals surface area contributed by atoms with E-state index in [1.807, 2.05) is 7.05 Å². The number of fused-ring (bicyclic) bond motifs is 1. The molecule has 2 aromatic rings. The standard InChI is InChI=1S/C24H27F2N3O4/c1-28-20-5-3-17(25)13-18(20)21(31)14-24(28)6-8-29(9-7-24)23(32)27-15-16-2-4-19(26)22(12-16)33-11-10-30/h2-5,12-13,30H,6-11,14-15H2,1H3,(H,27,32). The fourth-order valence-electron chi connectivity index (χ4n) is 4.64. The molecule has 0 atom stereocenters. The van der Waals surface area contributed by atoms with Crippen molar-refractivity contribution in [2.24, 2.45) is 0 Å². The van der Waals surface area contributed by atoms with Crippen molar-refractivity contribution < 1.29 is 28.2 Å². The quantitative estimate of drug-likeness (QED) is 0.718. The highest BCUT2D eigenvalue weighted by Gasteiger charge is 2.45. The molecule has 0 bridgehead atoms. The molecule has 176 valence electrons. The monoisotopic (exact) mass is 459 g/mol. The van der Waals surface area contributed by atoms with Gasteiger partial charge in [0, 0.05) is 44.4 Å². The van der Waals surface area contributed by atoms with E-state index >= 15 is 0 Å². The summed E-state index contributed by atoms with van der Waals surface area (Å²) in [5.41, 5.74) is 1.41. The van der Waals surface area contributed by atoms with E-state index in [9.17, 15) is 18.4 Å². The summed E-state index contributed by atoms with van der Waals surface area (Å²) in [6.45, 7) is 0.925. The lowest BCUT2D eigenvalue weighted by molar-refractivity contribution is 0.0890. The first-order valence-electron chi connectivity index (χ1n) is 10.9. The van der Waals surface area contributed by atoms with E-state index in [4.69, 9.17) is 9.84 Å². The van der Waals surface area contributed by atoms with Gasteiger partial charge in [-0.25, -0.2) is 13.6 Å². The summed E-state index contributed by atoms with van der Waals surface area (Å²) in [4.78, 5) is 29.2. The van der Waals surface area contributed by atoms with Crippen LogP contribution < -0.4 is 15.0 Å². The lowest BCUT2D eigenvalue weighted by Crippen LogP contribution is -2.59. The number of anilines is 1. The highest BCUT2D eigenvalue weighted by molar-refractivity contribution is 6.04. The number of ketones is 1. The van der Waals surface area contributed by atoms with Gasteiger partial charge in [0.25, 0.3) is 0 Å². The summed E-state index contributed by atoms with van der Waals surface area (Å²) in [5, 5.41) is 11.7. The number of carbonyl (C=O) groups is 2. The molecule has 1 spiro atoms. The van der Waals surface area contributed by atoms with Crippen LogP contribution >= 0.6 is 0 Å². The topological polar surface area (TPSA) is 82.1 Å². The van der Waals surface area contributed by atoms with Crippen LogP contribution in [0.1, 0.15) is 35.2 Å². The number of hydrogen-bond donors (Lipinski definition) is 2. The molecule has 2 aromatic carbocycles. The molecular weight excluding hydrogens is 432 g/mol. The van der Waals surface area contributed by atoms with Crippen molar-refractivity contribution >= 4 is 17.5 Å². The summed E-state index contributed by atoms with van der Waals surface area (Å²) >= 11 is 0. The van der Waals surface area contributed by atoms with Crippen LogP contribution in [0.25, 0.3) is 0 Å². The second-order valence-corrected chi connectivity index (χ2v) is 8.53. The van der Waals surface area contributed by atoms with E-state index in [0.29, 0.717) is 43.5 Å². The van der Waals surface area contributed by atoms with E-state index in [0.717, 1.165) is 5.69 Å². The maximum atomic E-state index is 13.8. The lowest BCUT2D eigenvalue weighted by Gasteiger charge is -2.50. The van der Waals surface area contributed by atoms with Gasteiger partial charge in [0.1, 0.15) is 12.4 Å². The van der Waals surface area contributed by atoms with Crippen molar-refractivity contribution in [1.82, 2.24) is 10.2 Å². The first-order valence-corrected chi connectivity index (χ1v) is 10.9. The molecule has 2 amide bonds. The van der Waals surface area contributed by atoms with Crippen LogP contribution in [0.2, 0.25) is 0 Å². The summed E-state index contributed by atoms with van der Waals surface area (Å²) < 4.78 is 32.5. The molecule has 0 unspecified atom stereocenters. The van der Waals surface area contributed by atoms with Crippen LogP contribution in [0, 0.1) is 11.6 Å². The number of amides is 2. The average molecular weight is 459 g/mol. The first-order chi connectivity index (χ1) is 15.8. The molecule has 0 aliphatic carbocycles. The summed E-state index contributed by atoms with van der Waals surface area (Å²) in [7, 11) is 1.92. The zero-order chi connectivity index (χ0) is 23.6. The van der Waals surface area contributed by atoms with Crippen LogP contribution in [0.3, 0.4) is 0 Å². The predicted octanol–water partition coefficient (Wildman–Crippen LogP) is 3.10. The Bertz CT molecular complexity index is 1050. The molecule has 0 aromatic heterocycles. The molecule has 33 heavy (non-hydrogen) atoms. The third kappa shape index (κ3) is 4.64. The van der Waals surface area contributed by atoms with Crippen LogP contribution in [0.4, 0.5) is 19.3 Å². The number of hydrogen-bond acceptors (Lipinski definition) is 5. The fraction of sp³-hybridized carbons (Fsp3) is 0.417. The maximum Gasteiger partial charge on any atom is 0.317 e. The number of nitrogens with one attached hydrogen (secondary N) is 1. The van der Waals surface area contributed by atoms with Gasteiger partial charge >= 0.3 is 6.03 Å². The Kier molecular flexibility index (Phi) is 6.51. The number of Topliss-reactive ketones (excluding diaryl/α,β-unsaturated/α-hetero) is 1. The maximum absolute atomic E-state index is 13.8. The Morgan fingerprint density at radius 2 is 1.94 bits per heavy atom. The van der Waals surface area contributed by atoms with E-state index in [1.165, 1.54) is 24.3 Å². The molecule has 2 heterocycles. The zero-order valence-corrected chi connectivity index (χ0v) is 18.4. The van der Waals surface area contributed by atoms with Crippen molar-refractivity contribution in [3.8, 4) is 5.75 Å². The molecule has 1 saturated heterocycles. The number of halogens is 2. The number of rotatable bonds is 5. The van der Waals surface area contributed by atoms with Crippen molar-refractivity contribution in [3.63, 3.8) is 0 Å². The molecule has 2 aliphatic heterocycles. The second-order valence-electron chi connectivity index (χ2n) is 8.53. The third-order valence-corrected chi connectivity index (χ3v) is 6.59. The Balaban J connectivity index is 1.36. The number of likely N-dealkylation sites (tertiary alicyclic amines) is 1. The molecule has 1 fully saturated rings. The molecular formula is C24H27F2N3O4. The van der Waals surface area contributed by atoms with Crippen molar-refractivity contribution in [2.45, 2.75) is 31.3 Å². The van der Waals surface area contributed by atoms with Crippen LogP contribution in [0.5, 0.6) is 5.75 Å². The van der Waals surface area contributed by atoms with Gasteiger partial charge in [-0.2, -0.15) is 0 Å². The normalized spacial score (nSPS) is 17.2. The van der Waals surface area contributed by atoms with Crippen molar-refractivity contribution in [1.29, 1.82) is 0 Å². The predicted molar refractivity (Wildman–Crippen MR) is 119 cm³/mol. The molecule has 2 aliphatic rings. The lowest BCUT2D eigenvalue weighted by atomic mass is 9.77. The molecule has 4 rings (SSSR count). The van der Waals surface area contributed by atoms with Crippen LogP contribution in [0.15, 0.2) is 36.4 Å². The molecule has 7 nitrogen and oxygen atoms in total. The number of carbonyl (C=O) groups excluding carboxylic acids is 2. The van der Waals surface area contributed by atoms with E-state index in [1.54, 1.807) is 17.0 Å². The van der Waals surface area contributed by atoms with Gasteiger partial charge in [-0.15, -0.1) is 0 Å². The van der Waals surface area contributed by atoms with Gasteiger partial charge in [0.2, 0.25) is 0 Å². The largest absolute Gasteiger partial charge is 0.488 e. The Morgan fingerprint density at radius 3 is 2.67 bits per heavy atom. The van der Waals surface area contributed by atoms with E-state index in [2.05, 4.69) is 10.2 Å². The number of benzene rings is 2. The van der Waals surface area contributed by atoms with E-state index < -0.39 is 17.2 Å². The van der Waals surface area contributed by atoms with Crippen LogP contribution in [-0.2, 0) is 6.54 Å². The molecule has 2 N–H and O–H groups in total. The van der Waals surface area contributed by atoms with Crippen molar-refractivity contribution in [2.75, 3.05) is 38.3 Å². The Hall–Kier alpha value is -3.20. The van der Waals surface area contributed by atoms with E-state index in [-0.39, 0.29) is 37.3 Å². The Morgan fingerprint density at radius 1 is 1.18 bits per heavy atom. The average Bonchev–Trinajstić information content (AvgIpc) is 2.81. The highest BCUT2D eigenvalue weighted by Crippen LogP contribution is 2.42. The smallest absolute Gasteiger partial charge is 0.317 e. The van der Waals surface area contributed by atoms with Crippen molar-refractivity contribution in [3.05, 3.63) is 59.2 Å². The SMILES string of the molecule is CN1c2ccc(F)cc2C(=O)CC12CCN(C(=O)NCc1ccc(F)c(OCCO)c1)CC2. The number of aliphatic hydroxyl groups excluding tert-OH is 1. The zero-order valence-electron chi connectivity index (χ0n) is 18.4.